The Bertz CT molecular complexity index is 1790. The fourth-order valence-corrected chi connectivity index (χ4v) is 7.38. The van der Waals surface area contributed by atoms with E-state index in [0.717, 1.165) is 36.8 Å². The van der Waals surface area contributed by atoms with Crippen molar-refractivity contribution in [3.05, 3.63) is 81.3 Å². The number of nitrogens with zero attached hydrogens (tertiary/aromatic N) is 2. The maximum absolute atomic E-state index is 15.3. The van der Waals surface area contributed by atoms with Gasteiger partial charge in [-0.1, -0.05) is 35.3 Å². The number of aromatic nitrogens is 2. The Morgan fingerprint density at radius 1 is 0.820 bits per heavy atom. The summed E-state index contributed by atoms with van der Waals surface area (Å²) in [5.41, 5.74) is 3.36. The molecule has 2 N–H and O–H groups in total. The number of nitrogens with one attached hydrogen (secondary N) is 2. The number of hydrogen-bond acceptors (Lipinski definition) is 7. The van der Waals surface area contributed by atoms with Gasteiger partial charge in [0, 0.05) is 65.2 Å². The van der Waals surface area contributed by atoms with Gasteiger partial charge < -0.3 is 20.1 Å². The molecule has 1 aliphatic carbocycles. The lowest BCUT2D eigenvalue weighted by atomic mass is 9.97. The van der Waals surface area contributed by atoms with Crippen molar-refractivity contribution in [2.75, 3.05) is 20.8 Å². The molecule has 2 aromatic carbocycles. The van der Waals surface area contributed by atoms with Crippen molar-refractivity contribution in [1.82, 2.24) is 20.6 Å². The number of ketones is 1. The van der Waals surface area contributed by atoms with E-state index in [1.165, 1.54) is 38.5 Å². The SMILES string of the molecule is COc1nc(-c2cc(F)cc(-c3cc(F)cc(-c4ccc(CNC[C@@H]5CCC(=O)C5)c(OC)n4)c3Cl)c2Cl)ccc1CCC[C@@H]1CCC(=O)N1. The Labute approximate surface area is 299 Å². The molecule has 0 unspecified atom stereocenters. The van der Waals surface area contributed by atoms with E-state index in [1.54, 1.807) is 12.1 Å². The van der Waals surface area contributed by atoms with E-state index in [4.69, 9.17) is 32.7 Å². The zero-order chi connectivity index (χ0) is 35.4. The van der Waals surface area contributed by atoms with Gasteiger partial charge in [-0.05, 0) is 81.0 Å². The fraction of sp³-hybridized carbons (Fsp3) is 0.368. The zero-order valence-corrected chi connectivity index (χ0v) is 29.4. The Hall–Kier alpha value is -4.12. The van der Waals surface area contributed by atoms with Crippen LogP contribution in [-0.4, -0.2) is 48.5 Å². The standard InChI is InChI=1S/C38H38Cl2F2N4O4/c1-49-37-22(4-3-5-26-9-13-34(48)44-26)7-11-32(45-37)30-17-24(41)15-28(35(30)39)29-16-25(42)18-31(36(29)40)33-12-8-23(38(46-33)50-2)20-43-19-21-6-10-27(47)14-21/h7-8,11-12,15-18,21,26,43H,3-6,9-10,13-14,19-20H2,1-2H3,(H,44,48)/t21-,26-/m1/s1. The van der Waals surface area contributed by atoms with Crippen LogP contribution in [0.1, 0.15) is 56.1 Å². The number of Topliss-reactive ketones (excluding diaryl/α,β-unsaturated/α-hetero) is 1. The third-order valence-electron chi connectivity index (χ3n) is 9.36. The Kier molecular flexibility index (Phi) is 11.3. The molecule has 4 aromatic rings. The van der Waals surface area contributed by atoms with Crippen LogP contribution in [0.4, 0.5) is 8.78 Å². The van der Waals surface area contributed by atoms with Crippen molar-refractivity contribution >= 4 is 34.9 Å². The average molecular weight is 724 g/mol. The third kappa shape index (κ3) is 8.09. The van der Waals surface area contributed by atoms with E-state index >= 15 is 8.78 Å². The number of carbonyl (C=O) groups excluding carboxylic acids is 2. The largest absolute Gasteiger partial charge is 0.481 e. The van der Waals surface area contributed by atoms with Crippen molar-refractivity contribution in [3.8, 4) is 45.4 Å². The number of rotatable bonds is 13. The van der Waals surface area contributed by atoms with Crippen LogP contribution >= 0.6 is 23.2 Å². The summed E-state index contributed by atoms with van der Waals surface area (Å²) in [6.45, 7) is 1.19. The highest BCUT2D eigenvalue weighted by Gasteiger charge is 2.24. The molecule has 3 heterocycles. The lowest BCUT2D eigenvalue weighted by molar-refractivity contribution is -0.119. The van der Waals surface area contributed by atoms with Gasteiger partial charge in [0.2, 0.25) is 17.7 Å². The first-order chi connectivity index (χ1) is 24.1. The second kappa shape index (κ2) is 15.8. The van der Waals surface area contributed by atoms with E-state index in [1.807, 2.05) is 12.1 Å². The van der Waals surface area contributed by atoms with E-state index in [0.29, 0.717) is 79.2 Å². The van der Waals surface area contributed by atoms with Gasteiger partial charge in [0.15, 0.2) is 0 Å². The molecule has 0 radical (unpaired) electrons. The Balaban J connectivity index is 1.25. The predicted octanol–water partition coefficient (Wildman–Crippen LogP) is 8.14. The molecule has 2 atom stereocenters. The van der Waals surface area contributed by atoms with Crippen LogP contribution in [0.25, 0.3) is 33.6 Å². The number of halogens is 4. The van der Waals surface area contributed by atoms with E-state index < -0.39 is 11.6 Å². The van der Waals surface area contributed by atoms with Crippen LogP contribution in [0.5, 0.6) is 11.8 Å². The molecule has 0 bridgehead atoms. The Morgan fingerprint density at radius 2 is 1.40 bits per heavy atom. The lowest BCUT2D eigenvalue weighted by Gasteiger charge is -2.16. The predicted molar refractivity (Wildman–Crippen MR) is 190 cm³/mol. The van der Waals surface area contributed by atoms with Gasteiger partial charge in [0.05, 0.1) is 35.7 Å². The average Bonchev–Trinajstić information content (AvgIpc) is 3.73. The van der Waals surface area contributed by atoms with Crippen LogP contribution in [0.3, 0.4) is 0 Å². The smallest absolute Gasteiger partial charge is 0.220 e. The molecule has 2 fully saturated rings. The van der Waals surface area contributed by atoms with Crippen LogP contribution in [0.15, 0.2) is 48.5 Å². The number of methoxy groups -OCH3 is 2. The second-order valence-electron chi connectivity index (χ2n) is 12.8. The highest BCUT2D eigenvalue weighted by molar-refractivity contribution is 6.39. The van der Waals surface area contributed by atoms with Crippen LogP contribution in [-0.2, 0) is 22.6 Å². The summed E-state index contributed by atoms with van der Waals surface area (Å²) in [5.74, 6) is 0.224. The summed E-state index contributed by atoms with van der Waals surface area (Å²) in [6, 6.07) is 12.3. The van der Waals surface area contributed by atoms with E-state index in [9.17, 15) is 9.59 Å². The molecule has 2 aromatic heterocycles. The summed E-state index contributed by atoms with van der Waals surface area (Å²) >= 11 is 13.8. The number of ether oxygens (including phenoxy) is 2. The van der Waals surface area contributed by atoms with E-state index in [2.05, 4.69) is 20.6 Å². The minimum atomic E-state index is -0.611. The van der Waals surface area contributed by atoms with Crippen molar-refractivity contribution in [1.29, 1.82) is 0 Å². The second-order valence-corrected chi connectivity index (χ2v) is 13.6. The highest BCUT2D eigenvalue weighted by atomic mass is 35.5. The van der Waals surface area contributed by atoms with Gasteiger partial charge in [0.1, 0.15) is 17.4 Å². The van der Waals surface area contributed by atoms with Gasteiger partial charge in [-0.15, -0.1) is 0 Å². The number of hydrogen-bond donors (Lipinski definition) is 2. The molecular weight excluding hydrogens is 685 g/mol. The van der Waals surface area contributed by atoms with Crippen molar-refractivity contribution in [2.45, 2.75) is 64.0 Å². The molecule has 2 aliphatic rings. The zero-order valence-electron chi connectivity index (χ0n) is 27.9. The monoisotopic (exact) mass is 722 g/mol. The minimum Gasteiger partial charge on any atom is -0.481 e. The van der Waals surface area contributed by atoms with Crippen molar-refractivity contribution in [3.63, 3.8) is 0 Å². The number of pyridine rings is 2. The first-order valence-corrected chi connectivity index (χ1v) is 17.5. The molecule has 1 saturated carbocycles. The molecule has 1 saturated heterocycles. The number of carbonyl (C=O) groups is 2. The van der Waals surface area contributed by atoms with Crippen LogP contribution < -0.4 is 20.1 Å². The van der Waals surface area contributed by atoms with Crippen molar-refractivity contribution < 1.29 is 27.8 Å². The summed E-state index contributed by atoms with van der Waals surface area (Å²) in [4.78, 5) is 32.4. The van der Waals surface area contributed by atoms with Crippen LogP contribution in [0.2, 0.25) is 10.0 Å². The van der Waals surface area contributed by atoms with Gasteiger partial charge >= 0.3 is 0 Å². The van der Waals surface area contributed by atoms with Crippen molar-refractivity contribution in [2.24, 2.45) is 5.92 Å². The molecule has 1 aliphatic heterocycles. The third-order valence-corrected chi connectivity index (χ3v) is 10.2. The molecule has 8 nitrogen and oxygen atoms in total. The first kappa shape index (κ1) is 35.7. The molecule has 6 rings (SSSR count). The Morgan fingerprint density at radius 3 is 1.94 bits per heavy atom. The highest BCUT2D eigenvalue weighted by Crippen LogP contribution is 2.43. The maximum Gasteiger partial charge on any atom is 0.220 e. The summed E-state index contributed by atoms with van der Waals surface area (Å²) in [6.07, 6.45) is 5.88. The topological polar surface area (TPSA) is 102 Å². The first-order valence-electron chi connectivity index (χ1n) is 16.7. The van der Waals surface area contributed by atoms with Gasteiger partial charge in [-0.3, -0.25) is 9.59 Å². The van der Waals surface area contributed by atoms with Gasteiger partial charge in [0.25, 0.3) is 0 Å². The molecule has 1 amide bonds. The van der Waals surface area contributed by atoms with Gasteiger partial charge in [-0.25, -0.2) is 18.7 Å². The summed E-state index contributed by atoms with van der Waals surface area (Å²) < 4.78 is 41.7. The summed E-state index contributed by atoms with van der Waals surface area (Å²) in [7, 11) is 3.02. The quantitative estimate of drug-likeness (QED) is 0.144. The minimum absolute atomic E-state index is 0.0889. The molecule has 262 valence electrons. The molecular formula is C38H38Cl2F2N4O4. The lowest BCUT2D eigenvalue weighted by Crippen LogP contribution is -2.25. The molecule has 12 heteroatoms. The van der Waals surface area contributed by atoms with Gasteiger partial charge in [-0.2, -0.15) is 0 Å². The maximum atomic E-state index is 15.3. The fourth-order valence-electron chi connectivity index (χ4n) is 6.77. The van der Waals surface area contributed by atoms with E-state index in [-0.39, 0.29) is 38.7 Å². The van der Waals surface area contributed by atoms with Crippen LogP contribution in [0, 0.1) is 17.6 Å². The molecule has 0 spiro atoms. The number of amides is 1. The summed E-state index contributed by atoms with van der Waals surface area (Å²) in [5, 5.41) is 6.63. The molecule has 50 heavy (non-hydrogen) atoms. The number of aryl methyl sites for hydroxylation is 1. The normalized spacial score (nSPS) is 17.3. The number of benzene rings is 2.